The van der Waals surface area contributed by atoms with Gasteiger partial charge in [0.2, 0.25) is 0 Å². The minimum absolute atomic E-state index is 0.0716. The van der Waals surface area contributed by atoms with Crippen molar-refractivity contribution in [2.24, 2.45) is 0 Å². The Balaban J connectivity index is 1.83. The largest absolute Gasteiger partial charge is 0.481 e. The summed E-state index contributed by atoms with van der Waals surface area (Å²) in [4.78, 5) is 14.8. The first-order chi connectivity index (χ1) is 9.75. The van der Waals surface area contributed by atoms with Crippen LogP contribution in [0.3, 0.4) is 0 Å². The molecule has 2 rings (SSSR count). The summed E-state index contributed by atoms with van der Waals surface area (Å²) >= 11 is 0. The minimum Gasteiger partial charge on any atom is -0.481 e. The van der Waals surface area contributed by atoms with Crippen LogP contribution < -0.4 is 5.32 Å². The number of carboxylic acids is 1. The first-order valence-electron chi connectivity index (χ1n) is 6.64. The van der Waals surface area contributed by atoms with Gasteiger partial charge in [-0.15, -0.1) is 0 Å². The Kier molecular flexibility index (Phi) is 5.26. The zero-order chi connectivity index (χ0) is 14.2. The molecule has 2 aromatic rings. The summed E-state index contributed by atoms with van der Waals surface area (Å²) in [6, 6.07) is 11.6. The molecule has 4 heteroatoms. The van der Waals surface area contributed by atoms with Gasteiger partial charge in [-0.2, -0.15) is 0 Å². The van der Waals surface area contributed by atoms with Gasteiger partial charge in [-0.05, 0) is 41.8 Å². The minimum atomic E-state index is -0.797. The third-order valence-electron chi connectivity index (χ3n) is 3.12. The Morgan fingerprint density at radius 3 is 2.50 bits per heavy atom. The molecule has 0 bridgehead atoms. The lowest BCUT2D eigenvalue weighted by atomic mass is 10.0. The van der Waals surface area contributed by atoms with Crippen LogP contribution in [0, 0.1) is 0 Å². The average molecular weight is 270 g/mol. The molecule has 1 aromatic carbocycles. The highest BCUT2D eigenvalue weighted by atomic mass is 16.4. The molecule has 0 spiro atoms. The molecule has 0 saturated carbocycles. The number of nitrogens with zero attached hydrogens (tertiary/aromatic N) is 1. The van der Waals surface area contributed by atoms with Crippen molar-refractivity contribution in [1.29, 1.82) is 0 Å². The molecular formula is C16H18N2O2. The molecular weight excluding hydrogens is 252 g/mol. The van der Waals surface area contributed by atoms with Gasteiger partial charge in [0.25, 0.3) is 0 Å². The molecule has 2 N–H and O–H groups in total. The van der Waals surface area contributed by atoms with Crippen molar-refractivity contribution in [1.82, 2.24) is 10.3 Å². The monoisotopic (exact) mass is 270 g/mol. The van der Waals surface area contributed by atoms with Crippen molar-refractivity contribution in [3.8, 4) is 0 Å². The highest BCUT2D eigenvalue weighted by Gasteiger charge is 2.05. The highest BCUT2D eigenvalue weighted by Crippen LogP contribution is 2.09. The van der Waals surface area contributed by atoms with E-state index in [4.69, 9.17) is 5.11 Å². The molecule has 0 aliphatic carbocycles. The number of nitrogens with one attached hydrogen (secondary N) is 1. The predicted molar refractivity (Wildman–Crippen MR) is 77.4 cm³/mol. The van der Waals surface area contributed by atoms with E-state index >= 15 is 0 Å². The molecule has 0 unspecified atom stereocenters. The summed E-state index contributed by atoms with van der Waals surface area (Å²) in [6.07, 6.45) is 4.58. The van der Waals surface area contributed by atoms with Crippen LogP contribution in [0.25, 0.3) is 0 Å². The van der Waals surface area contributed by atoms with Gasteiger partial charge in [0.05, 0.1) is 6.42 Å². The zero-order valence-corrected chi connectivity index (χ0v) is 11.2. The van der Waals surface area contributed by atoms with E-state index in [9.17, 15) is 4.79 Å². The molecule has 0 amide bonds. The maximum absolute atomic E-state index is 10.8. The predicted octanol–water partition coefficient (Wildman–Crippen LogP) is 2.04. The maximum atomic E-state index is 10.8. The van der Waals surface area contributed by atoms with Crippen LogP contribution in [-0.2, 0) is 24.2 Å². The van der Waals surface area contributed by atoms with Gasteiger partial charge in [-0.1, -0.05) is 24.3 Å². The molecule has 0 aliphatic heterocycles. The van der Waals surface area contributed by atoms with Gasteiger partial charge < -0.3 is 10.4 Å². The van der Waals surface area contributed by atoms with E-state index in [1.165, 1.54) is 5.56 Å². The molecule has 0 atom stereocenters. The number of hydrogen-bond acceptors (Lipinski definition) is 3. The molecule has 20 heavy (non-hydrogen) atoms. The Hall–Kier alpha value is -2.20. The fraction of sp³-hybridized carbons (Fsp3) is 0.250. The molecule has 104 valence electrons. The third kappa shape index (κ3) is 4.48. The second-order valence-electron chi connectivity index (χ2n) is 4.62. The van der Waals surface area contributed by atoms with Gasteiger partial charge in [0, 0.05) is 18.9 Å². The zero-order valence-electron chi connectivity index (χ0n) is 11.2. The summed E-state index contributed by atoms with van der Waals surface area (Å²) < 4.78 is 0. The normalized spacial score (nSPS) is 10.4. The Morgan fingerprint density at radius 1 is 1.10 bits per heavy atom. The van der Waals surface area contributed by atoms with E-state index in [0.29, 0.717) is 6.54 Å². The number of carbonyl (C=O) groups is 1. The summed E-state index contributed by atoms with van der Waals surface area (Å²) in [5.74, 6) is -0.797. The number of carboxylic acid groups (broad SMARTS) is 1. The molecule has 1 aromatic heterocycles. The Labute approximate surface area is 118 Å². The van der Waals surface area contributed by atoms with E-state index in [-0.39, 0.29) is 6.42 Å². The van der Waals surface area contributed by atoms with Crippen LogP contribution in [0.5, 0.6) is 0 Å². The number of hydrogen-bond donors (Lipinski definition) is 2. The van der Waals surface area contributed by atoms with Gasteiger partial charge in [-0.3, -0.25) is 9.78 Å². The van der Waals surface area contributed by atoms with Crippen LogP contribution >= 0.6 is 0 Å². The quantitative estimate of drug-likeness (QED) is 0.756. The molecule has 0 fully saturated rings. The van der Waals surface area contributed by atoms with Crippen LogP contribution in [0.4, 0.5) is 0 Å². The van der Waals surface area contributed by atoms with Crippen molar-refractivity contribution < 1.29 is 9.90 Å². The standard InChI is InChI=1S/C16H18N2O2/c19-16(20)11-14-3-1-2-4-15(14)12-18-10-7-13-5-8-17-9-6-13/h1-6,8-9,18H,7,10-12H2,(H,19,20). The maximum Gasteiger partial charge on any atom is 0.307 e. The van der Waals surface area contributed by atoms with Crippen LogP contribution in [0.1, 0.15) is 16.7 Å². The lowest BCUT2D eigenvalue weighted by Gasteiger charge is -2.09. The van der Waals surface area contributed by atoms with Gasteiger partial charge >= 0.3 is 5.97 Å². The van der Waals surface area contributed by atoms with Gasteiger partial charge in [-0.25, -0.2) is 0 Å². The van der Waals surface area contributed by atoms with Crippen molar-refractivity contribution in [3.05, 3.63) is 65.5 Å². The summed E-state index contributed by atoms with van der Waals surface area (Å²) in [7, 11) is 0. The Morgan fingerprint density at radius 2 is 1.80 bits per heavy atom. The lowest BCUT2D eigenvalue weighted by molar-refractivity contribution is -0.136. The van der Waals surface area contributed by atoms with Crippen LogP contribution in [-0.4, -0.2) is 22.6 Å². The third-order valence-corrected chi connectivity index (χ3v) is 3.12. The molecule has 0 saturated heterocycles. The smallest absolute Gasteiger partial charge is 0.307 e. The fourth-order valence-electron chi connectivity index (χ4n) is 2.07. The highest BCUT2D eigenvalue weighted by molar-refractivity contribution is 5.70. The van der Waals surface area contributed by atoms with Crippen molar-refractivity contribution >= 4 is 5.97 Å². The average Bonchev–Trinajstić information content (AvgIpc) is 2.46. The van der Waals surface area contributed by atoms with Crippen molar-refractivity contribution in [3.63, 3.8) is 0 Å². The topological polar surface area (TPSA) is 62.2 Å². The Bertz CT molecular complexity index is 555. The first kappa shape index (κ1) is 14.2. The number of aliphatic carboxylic acids is 1. The molecule has 0 radical (unpaired) electrons. The number of benzene rings is 1. The van der Waals surface area contributed by atoms with E-state index in [1.54, 1.807) is 12.4 Å². The summed E-state index contributed by atoms with van der Waals surface area (Å²) in [5.41, 5.74) is 3.16. The van der Waals surface area contributed by atoms with Gasteiger partial charge in [0.15, 0.2) is 0 Å². The number of rotatable bonds is 7. The van der Waals surface area contributed by atoms with E-state index in [0.717, 1.165) is 24.1 Å². The van der Waals surface area contributed by atoms with E-state index in [1.807, 2.05) is 36.4 Å². The van der Waals surface area contributed by atoms with Crippen LogP contribution in [0.2, 0.25) is 0 Å². The second kappa shape index (κ2) is 7.40. The number of aromatic nitrogens is 1. The fourth-order valence-corrected chi connectivity index (χ4v) is 2.07. The van der Waals surface area contributed by atoms with Gasteiger partial charge in [0.1, 0.15) is 0 Å². The molecule has 4 nitrogen and oxygen atoms in total. The van der Waals surface area contributed by atoms with E-state index < -0.39 is 5.97 Å². The van der Waals surface area contributed by atoms with Crippen molar-refractivity contribution in [2.45, 2.75) is 19.4 Å². The summed E-state index contributed by atoms with van der Waals surface area (Å²) in [6.45, 7) is 1.54. The SMILES string of the molecule is O=C(O)Cc1ccccc1CNCCc1ccncc1. The first-order valence-corrected chi connectivity index (χ1v) is 6.64. The molecule has 1 heterocycles. The lowest BCUT2D eigenvalue weighted by Crippen LogP contribution is -2.18. The molecule has 0 aliphatic rings. The van der Waals surface area contributed by atoms with Crippen LogP contribution in [0.15, 0.2) is 48.8 Å². The second-order valence-corrected chi connectivity index (χ2v) is 4.62. The number of pyridine rings is 1. The summed E-state index contributed by atoms with van der Waals surface area (Å²) in [5, 5.41) is 12.2. The van der Waals surface area contributed by atoms with Crippen molar-refractivity contribution in [2.75, 3.05) is 6.54 Å². The van der Waals surface area contributed by atoms with E-state index in [2.05, 4.69) is 10.3 Å².